The van der Waals surface area contributed by atoms with Crippen molar-refractivity contribution in [2.45, 2.75) is 31.7 Å². The number of rotatable bonds is 3. The molecule has 1 atom stereocenters. The van der Waals surface area contributed by atoms with Gasteiger partial charge in [-0.3, -0.25) is 0 Å². The molecule has 2 aromatic rings. The number of benzene rings is 1. The Morgan fingerprint density at radius 3 is 2.79 bits per heavy atom. The van der Waals surface area contributed by atoms with E-state index in [9.17, 15) is 0 Å². The van der Waals surface area contributed by atoms with E-state index in [0.29, 0.717) is 6.04 Å². The summed E-state index contributed by atoms with van der Waals surface area (Å²) in [7, 11) is 0. The van der Waals surface area contributed by atoms with Crippen molar-refractivity contribution in [1.82, 2.24) is 15.3 Å². The second-order valence-electron chi connectivity index (χ2n) is 5.06. The van der Waals surface area contributed by atoms with Gasteiger partial charge in [-0.1, -0.05) is 36.8 Å². The van der Waals surface area contributed by atoms with Crippen molar-refractivity contribution in [3.8, 4) is 0 Å². The molecule has 0 spiro atoms. The van der Waals surface area contributed by atoms with Crippen molar-refractivity contribution in [3.63, 3.8) is 0 Å². The lowest BCUT2D eigenvalue weighted by atomic mass is 10.0. The number of hydrogen-bond donors (Lipinski definition) is 1. The van der Waals surface area contributed by atoms with Crippen LogP contribution < -0.4 is 5.32 Å². The molecule has 0 bridgehead atoms. The zero-order valence-electron chi connectivity index (χ0n) is 11.0. The summed E-state index contributed by atoms with van der Waals surface area (Å²) >= 11 is 0. The van der Waals surface area contributed by atoms with Crippen molar-refractivity contribution in [2.24, 2.45) is 0 Å². The minimum atomic E-state index is 0.409. The SMILES string of the molecule is c1ccc(Cc2nccc(C3CCCCN3)n2)cc1. The average Bonchev–Trinajstić information content (AvgIpc) is 2.49. The summed E-state index contributed by atoms with van der Waals surface area (Å²) in [5, 5.41) is 3.54. The Bertz CT molecular complexity index is 519. The van der Waals surface area contributed by atoms with Gasteiger partial charge in [0.2, 0.25) is 0 Å². The molecule has 1 fully saturated rings. The van der Waals surface area contributed by atoms with Crippen LogP contribution in [0.3, 0.4) is 0 Å². The second kappa shape index (κ2) is 5.93. The van der Waals surface area contributed by atoms with Gasteiger partial charge < -0.3 is 5.32 Å². The van der Waals surface area contributed by atoms with E-state index in [2.05, 4.69) is 34.6 Å². The first-order chi connectivity index (χ1) is 9.42. The average molecular weight is 253 g/mol. The van der Waals surface area contributed by atoms with E-state index >= 15 is 0 Å². The lowest BCUT2D eigenvalue weighted by Gasteiger charge is -2.23. The van der Waals surface area contributed by atoms with Crippen LogP contribution in [0.5, 0.6) is 0 Å². The fourth-order valence-corrected chi connectivity index (χ4v) is 2.58. The summed E-state index contributed by atoms with van der Waals surface area (Å²) in [6, 6.07) is 12.8. The van der Waals surface area contributed by atoms with Gasteiger partial charge in [0.25, 0.3) is 0 Å². The predicted molar refractivity (Wildman–Crippen MR) is 75.9 cm³/mol. The summed E-state index contributed by atoms with van der Waals surface area (Å²) in [6.07, 6.45) is 6.44. The van der Waals surface area contributed by atoms with Gasteiger partial charge in [0.05, 0.1) is 5.69 Å². The third kappa shape index (κ3) is 3.18. The van der Waals surface area contributed by atoms with E-state index in [1.807, 2.05) is 18.3 Å². The highest BCUT2D eigenvalue weighted by Gasteiger charge is 2.16. The molecule has 98 valence electrons. The van der Waals surface area contributed by atoms with E-state index in [1.54, 1.807) is 0 Å². The summed E-state index contributed by atoms with van der Waals surface area (Å²) in [5.41, 5.74) is 2.40. The molecule has 3 rings (SSSR count). The van der Waals surface area contributed by atoms with Gasteiger partial charge in [-0.05, 0) is 31.0 Å². The minimum absolute atomic E-state index is 0.409. The summed E-state index contributed by atoms with van der Waals surface area (Å²) in [6.45, 7) is 1.10. The lowest BCUT2D eigenvalue weighted by molar-refractivity contribution is 0.404. The van der Waals surface area contributed by atoms with Gasteiger partial charge in [-0.25, -0.2) is 9.97 Å². The Morgan fingerprint density at radius 2 is 2.00 bits per heavy atom. The number of hydrogen-bond acceptors (Lipinski definition) is 3. The standard InChI is InChI=1S/C16H19N3/c1-2-6-13(7-3-1)12-16-18-11-9-15(19-16)14-8-4-5-10-17-14/h1-3,6-7,9,11,14,17H,4-5,8,10,12H2. The van der Waals surface area contributed by atoms with Crippen molar-refractivity contribution in [3.05, 3.63) is 59.7 Å². The van der Waals surface area contributed by atoms with Crippen LogP contribution in [0.15, 0.2) is 42.6 Å². The summed E-state index contributed by atoms with van der Waals surface area (Å²) in [5.74, 6) is 0.913. The Kier molecular flexibility index (Phi) is 3.84. The zero-order chi connectivity index (χ0) is 12.9. The zero-order valence-corrected chi connectivity index (χ0v) is 11.0. The molecule has 0 amide bonds. The summed E-state index contributed by atoms with van der Waals surface area (Å²) < 4.78 is 0. The van der Waals surface area contributed by atoms with Crippen LogP contribution in [-0.4, -0.2) is 16.5 Å². The Balaban J connectivity index is 1.76. The molecule has 19 heavy (non-hydrogen) atoms. The highest BCUT2D eigenvalue weighted by atomic mass is 15.0. The highest BCUT2D eigenvalue weighted by molar-refractivity contribution is 5.20. The molecule has 1 aliphatic heterocycles. The van der Waals surface area contributed by atoms with Gasteiger partial charge in [0.1, 0.15) is 5.82 Å². The maximum atomic E-state index is 4.72. The lowest BCUT2D eigenvalue weighted by Crippen LogP contribution is -2.27. The monoisotopic (exact) mass is 253 g/mol. The molecular formula is C16H19N3. The van der Waals surface area contributed by atoms with Crippen molar-refractivity contribution in [2.75, 3.05) is 6.54 Å². The van der Waals surface area contributed by atoms with Crippen molar-refractivity contribution in [1.29, 1.82) is 0 Å². The topological polar surface area (TPSA) is 37.8 Å². The maximum Gasteiger partial charge on any atom is 0.132 e. The highest BCUT2D eigenvalue weighted by Crippen LogP contribution is 2.21. The molecular weight excluding hydrogens is 234 g/mol. The van der Waals surface area contributed by atoms with E-state index in [4.69, 9.17) is 4.98 Å². The molecule has 1 N–H and O–H groups in total. The number of nitrogens with one attached hydrogen (secondary N) is 1. The van der Waals surface area contributed by atoms with Crippen molar-refractivity contribution >= 4 is 0 Å². The fourth-order valence-electron chi connectivity index (χ4n) is 2.58. The molecule has 1 aromatic heterocycles. The first-order valence-corrected chi connectivity index (χ1v) is 7.01. The molecule has 2 heterocycles. The second-order valence-corrected chi connectivity index (χ2v) is 5.06. The maximum absolute atomic E-state index is 4.72. The van der Waals surface area contributed by atoms with Gasteiger partial charge >= 0.3 is 0 Å². The third-order valence-corrected chi connectivity index (χ3v) is 3.60. The normalized spacial score (nSPS) is 19.3. The van der Waals surface area contributed by atoms with E-state index in [1.165, 1.54) is 24.8 Å². The molecule has 1 unspecified atom stereocenters. The summed E-state index contributed by atoms with van der Waals surface area (Å²) in [4.78, 5) is 9.11. The van der Waals surface area contributed by atoms with Gasteiger partial charge in [-0.15, -0.1) is 0 Å². The first-order valence-electron chi connectivity index (χ1n) is 7.01. The quantitative estimate of drug-likeness (QED) is 0.914. The van der Waals surface area contributed by atoms with Crippen LogP contribution in [0, 0.1) is 0 Å². The predicted octanol–water partition coefficient (Wildman–Crippen LogP) is 2.88. The van der Waals surface area contributed by atoms with E-state index in [-0.39, 0.29) is 0 Å². The molecule has 1 aliphatic rings. The molecule has 0 saturated carbocycles. The van der Waals surface area contributed by atoms with E-state index in [0.717, 1.165) is 24.5 Å². The van der Waals surface area contributed by atoms with E-state index < -0.39 is 0 Å². The minimum Gasteiger partial charge on any atom is -0.309 e. The van der Waals surface area contributed by atoms with Crippen LogP contribution in [0.25, 0.3) is 0 Å². The molecule has 1 aromatic carbocycles. The molecule has 1 saturated heterocycles. The van der Waals surface area contributed by atoms with Gasteiger partial charge in [-0.2, -0.15) is 0 Å². The largest absolute Gasteiger partial charge is 0.309 e. The van der Waals surface area contributed by atoms with Crippen LogP contribution >= 0.6 is 0 Å². The fraction of sp³-hybridized carbons (Fsp3) is 0.375. The Labute approximate surface area is 114 Å². The molecule has 0 radical (unpaired) electrons. The molecule has 0 aliphatic carbocycles. The van der Waals surface area contributed by atoms with Crippen molar-refractivity contribution < 1.29 is 0 Å². The number of aromatic nitrogens is 2. The Hall–Kier alpha value is -1.74. The molecule has 3 heteroatoms. The van der Waals surface area contributed by atoms with Gasteiger partial charge in [0.15, 0.2) is 0 Å². The van der Waals surface area contributed by atoms with Crippen LogP contribution in [0.4, 0.5) is 0 Å². The number of piperidine rings is 1. The van der Waals surface area contributed by atoms with Crippen LogP contribution in [-0.2, 0) is 6.42 Å². The van der Waals surface area contributed by atoms with Crippen LogP contribution in [0.1, 0.15) is 42.4 Å². The molecule has 3 nitrogen and oxygen atoms in total. The Morgan fingerprint density at radius 1 is 1.11 bits per heavy atom. The first kappa shape index (κ1) is 12.3. The third-order valence-electron chi connectivity index (χ3n) is 3.60. The van der Waals surface area contributed by atoms with Gasteiger partial charge in [0, 0.05) is 18.7 Å². The van der Waals surface area contributed by atoms with Crippen LogP contribution in [0.2, 0.25) is 0 Å². The number of nitrogens with zero attached hydrogens (tertiary/aromatic N) is 2. The smallest absolute Gasteiger partial charge is 0.132 e.